The van der Waals surface area contributed by atoms with E-state index in [1.165, 1.54) is 0 Å². The van der Waals surface area contributed by atoms with E-state index in [1.807, 2.05) is 0 Å². The highest BCUT2D eigenvalue weighted by Gasteiger charge is 2.53. The van der Waals surface area contributed by atoms with Gasteiger partial charge in [-0.05, 0) is 12.8 Å². The third-order valence-corrected chi connectivity index (χ3v) is 6.01. The van der Waals surface area contributed by atoms with Crippen molar-refractivity contribution in [2.24, 2.45) is 10.8 Å². The van der Waals surface area contributed by atoms with Gasteiger partial charge in [0.1, 0.15) is 0 Å². The number of aliphatic hydroxyl groups excluding tert-OH is 2. The molecule has 20 heavy (non-hydrogen) atoms. The van der Waals surface area contributed by atoms with E-state index >= 15 is 0 Å². The first-order valence-corrected chi connectivity index (χ1v) is 9.24. The van der Waals surface area contributed by atoms with Crippen molar-refractivity contribution < 1.29 is 36.2 Å². The van der Waals surface area contributed by atoms with Crippen LogP contribution < -0.4 is 0 Å². The first-order valence-electron chi connectivity index (χ1n) is 6.08. The van der Waals surface area contributed by atoms with Crippen LogP contribution in [0.5, 0.6) is 0 Å². The number of hydrogen-bond acceptors (Lipinski definition) is 8. The summed E-state index contributed by atoms with van der Waals surface area (Å²) in [5.74, 6) is -1.99. The molecule has 0 aliphatic heterocycles. The molecule has 0 saturated heterocycles. The smallest absolute Gasteiger partial charge is 0.0952 e. The SMILES string of the molecule is O=S(=O)([O-])C[C@@]1(CO)CCCC[C@]1(CO)CS(=O)(=O)[O-]. The van der Waals surface area contributed by atoms with E-state index in [0.717, 1.165) is 0 Å². The molecule has 8 nitrogen and oxygen atoms in total. The Kier molecular flexibility index (Phi) is 5.21. The Bertz CT molecular complexity index is 490. The molecule has 0 heterocycles. The van der Waals surface area contributed by atoms with Crippen LogP contribution in [0.25, 0.3) is 0 Å². The molecule has 0 radical (unpaired) electrons. The Morgan fingerprint density at radius 1 is 0.800 bits per heavy atom. The fourth-order valence-corrected chi connectivity index (χ4v) is 5.61. The molecule has 1 aliphatic carbocycles. The standard InChI is InChI=1S/C10H20O8S2/c11-5-9(7-19(13,14)15)3-1-2-4-10(9,6-12)8-20(16,17)18/h11-12H,1-8H2,(H,13,14,15)(H,16,17,18)/p-2/t9-,10-/m0/s1. The molecule has 1 saturated carbocycles. The van der Waals surface area contributed by atoms with Gasteiger partial charge in [-0.3, -0.25) is 0 Å². The molecule has 0 aromatic heterocycles. The van der Waals surface area contributed by atoms with Crippen LogP contribution in [-0.4, -0.2) is 60.9 Å². The monoisotopic (exact) mass is 330 g/mol. The Hall–Kier alpha value is -0.260. The molecule has 0 unspecified atom stereocenters. The largest absolute Gasteiger partial charge is 0.748 e. The Morgan fingerprint density at radius 3 is 1.30 bits per heavy atom. The molecular formula is C10H18O8S2-2. The highest BCUT2D eigenvalue weighted by atomic mass is 32.2. The molecule has 1 aliphatic rings. The van der Waals surface area contributed by atoms with Crippen molar-refractivity contribution in [2.45, 2.75) is 25.7 Å². The second-order valence-electron chi connectivity index (χ2n) is 5.49. The summed E-state index contributed by atoms with van der Waals surface area (Å²) in [7, 11) is -9.50. The highest BCUT2D eigenvalue weighted by molar-refractivity contribution is 7.86. The lowest BCUT2D eigenvalue weighted by molar-refractivity contribution is -0.0605. The van der Waals surface area contributed by atoms with Gasteiger partial charge in [0.15, 0.2) is 0 Å². The first kappa shape index (κ1) is 17.8. The third-order valence-electron chi connectivity index (χ3n) is 4.20. The lowest BCUT2D eigenvalue weighted by Crippen LogP contribution is -2.56. The van der Waals surface area contributed by atoms with Crippen LogP contribution in [0.2, 0.25) is 0 Å². The van der Waals surface area contributed by atoms with E-state index in [9.17, 15) is 36.2 Å². The van der Waals surface area contributed by atoms with Crippen molar-refractivity contribution in [1.82, 2.24) is 0 Å². The summed E-state index contributed by atoms with van der Waals surface area (Å²) in [6, 6.07) is 0. The summed E-state index contributed by atoms with van der Waals surface area (Å²) < 4.78 is 66.3. The van der Waals surface area contributed by atoms with Gasteiger partial charge in [-0.25, -0.2) is 16.8 Å². The van der Waals surface area contributed by atoms with E-state index in [2.05, 4.69) is 0 Å². The summed E-state index contributed by atoms with van der Waals surface area (Å²) in [5, 5.41) is 19.1. The van der Waals surface area contributed by atoms with Crippen molar-refractivity contribution in [3.63, 3.8) is 0 Å². The van der Waals surface area contributed by atoms with Crippen molar-refractivity contribution >= 4 is 20.2 Å². The van der Waals surface area contributed by atoms with Gasteiger partial charge < -0.3 is 19.3 Å². The van der Waals surface area contributed by atoms with E-state index in [4.69, 9.17) is 0 Å². The third kappa shape index (κ3) is 3.89. The van der Waals surface area contributed by atoms with Gasteiger partial charge in [0.2, 0.25) is 0 Å². The second-order valence-corrected chi connectivity index (χ2v) is 8.30. The van der Waals surface area contributed by atoms with Crippen molar-refractivity contribution in [3.05, 3.63) is 0 Å². The molecule has 1 fully saturated rings. The van der Waals surface area contributed by atoms with Crippen LogP contribution in [0.3, 0.4) is 0 Å². The summed E-state index contributed by atoms with van der Waals surface area (Å²) in [6.07, 6.45) is 1.11. The van der Waals surface area contributed by atoms with Gasteiger partial charge in [-0.15, -0.1) is 0 Å². The molecule has 2 N–H and O–H groups in total. The minimum Gasteiger partial charge on any atom is -0.748 e. The molecular weight excluding hydrogens is 312 g/mol. The maximum atomic E-state index is 11.1. The van der Waals surface area contributed by atoms with Crippen LogP contribution in [0.1, 0.15) is 25.7 Å². The first-order chi connectivity index (χ1) is 8.99. The fraction of sp³-hybridized carbons (Fsp3) is 1.00. The van der Waals surface area contributed by atoms with Crippen molar-refractivity contribution in [2.75, 3.05) is 24.7 Å². The highest BCUT2D eigenvalue weighted by Crippen LogP contribution is 2.51. The van der Waals surface area contributed by atoms with Gasteiger partial charge in [0, 0.05) is 22.3 Å². The zero-order valence-corrected chi connectivity index (χ0v) is 12.5. The molecule has 0 aromatic rings. The van der Waals surface area contributed by atoms with Gasteiger partial charge in [0.25, 0.3) is 0 Å². The van der Waals surface area contributed by atoms with Gasteiger partial charge in [-0.1, -0.05) is 12.8 Å². The molecule has 0 aromatic carbocycles. The quantitative estimate of drug-likeness (QED) is 0.564. The fourth-order valence-electron chi connectivity index (χ4n) is 3.17. The minimum atomic E-state index is -4.75. The van der Waals surface area contributed by atoms with Gasteiger partial charge >= 0.3 is 0 Å². The summed E-state index contributed by atoms with van der Waals surface area (Å²) in [5.41, 5.74) is -3.20. The maximum absolute atomic E-state index is 11.1. The van der Waals surface area contributed by atoms with E-state index < -0.39 is 55.8 Å². The van der Waals surface area contributed by atoms with Crippen molar-refractivity contribution in [1.29, 1.82) is 0 Å². The minimum absolute atomic E-state index is 0.0705. The Morgan fingerprint density at radius 2 is 1.10 bits per heavy atom. The van der Waals surface area contributed by atoms with Crippen molar-refractivity contribution in [3.8, 4) is 0 Å². The van der Waals surface area contributed by atoms with Gasteiger partial charge in [0.05, 0.1) is 33.5 Å². The molecule has 0 bridgehead atoms. The second kappa shape index (κ2) is 5.85. The predicted molar refractivity (Wildman–Crippen MR) is 66.6 cm³/mol. The molecule has 10 heteroatoms. The summed E-state index contributed by atoms with van der Waals surface area (Å²) >= 11 is 0. The summed E-state index contributed by atoms with van der Waals surface area (Å²) in [4.78, 5) is 0. The zero-order valence-electron chi connectivity index (χ0n) is 10.8. The normalized spacial score (nSPS) is 32.2. The zero-order chi connectivity index (χ0) is 15.7. The van der Waals surface area contributed by atoms with Crippen LogP contribution in [0.4, 0.5) is 0 Å². The average Bonchev–Trinajstić information content (AvgIpc) is 2.28. The van der Waals surface area contributed by atoms with Gasteiger partial charge in [-0.2, -0.15) is 0 Å². The molecule has 2 atom stereocenters. The number of hydrogen-bond donors (Lipinski definition) is 2. The average molecular weight is 330 g/mol. The molecule has 0 spiro atoms. The van der Waals surface area contributed by atoms with Crippen LogP contribution in [0.15, 0.2) is 0 Å². The Labute approximate surface area is 118 Å². The van der Waals surface area contributed by atoms with Crippen LogP contribution in [0, 0.1) is 10.8 Å². The van der Waals surface area contributed by atoms with E-state index in [-0.39, 0.29) is 12.8 Å². The predicted octanol–water partition coefficient (Wildman–Crippen LogP) is -1.39. The topological polar surface area (TPSA) is 155 Å². The Balaban J connectivity index is 3.34. The molecule has 0 amide bonds. The lowest BCUT2D eigenvalue weighted by Gasteiger charge is -2.52. The molecule has 1 rings (SSSR count). The molecule has 120 valence electrons. The lowest BCUT2D eigenvalue weighted by atomic mass is 9.58. The number of rotatable bonds is 6. The maximum Gasteiger partial charge on any atom is 0.0952 e. The van der Waals surface area contributed by atoms with Crippen LogP contribution >= 0.6 is 0 Å². The van der Waals surface area contributed by atoms with Crippen LogP contribution in [-0.2, 0) is 20.2 Å². The van der Waals surface area contributed by atoms with E-state index in [0.29, 0.717) is 12.8 Å². The summed E-state index contributed by atoms with van der Waals surface area (Å²) in [6.45, 7) is -1.55. The van der Waals surface area contributed by atoms with E-state index in [1.54, 1.807) is 0 Å². The number of aliphatic hydroxyl groups is 2.